The van der Waals surface area contributed by atoms with E-state index >= 15 is 0 Å². The van der Waals surface area contributed by atoms with Crippen LogP contribution in [0.2, 0.25) is 0 Å². The van der Waals surface area contributed by atoms with Gasteiger partial charge < -0.3 is 5.32 Å². The molecule has 1 fully saturated rings. The van der Waals surface area contributed by atoms with Gasteiger partial charge in [0.2, 0.25) is 0 Å². The normalized spacial score (nSPS) is 20.8. The Bertz CT molecular complexity index is 414. The van der Waals surface area contributed by atoms with Gasteiger partial charge in [0.25, 0.3) is 0 Å². The zero-order valence-electron chi connectivity index (χ0n) is 9.46. The van der Waals surface area contributed by atoms with E-state index in [0.29, 0.717) is 5.75 Å². The third-order valence-electron chi connectivity index (χ3n) is 2.73. The highest BCUT2D eigenvalue weighted by Crippen LogP contribution is 2.17. The molecule has 4 nitrogen and oxygen atoms in total. The molecular weight excluding hydrogens is 280 g/mol. The molecule has 2 rings (SSSR count). The number of piperidine rings is 1. The summed E-state index contributed by atoms with van der Waals surface area (Å²) in [6, 6.07) is 0. The monoisotopic (exact) mass is 296 g/mol. The lowest BCUT2D eigenvalue weighted by atomic mass is 10.0. The van der Waals surface area contributed by atoms with Crippen LogP contribution in [0.3, 0.4) is 0 Å². The van der Waals surface area contributed by atoms with Crippen LogP contribution in [-0.2, 0) is 15.6 Å². The first-order chi connectivity index (χ1) is 7.66. The van der Waals surface area contributed by atoms with Crippen LogP contribution < -0.4 is 5.32 Å². The minimum absolute atomic E-state index is 0. The Balaban J connectivity index is 0.00000144. The summed E-state index contributed by atoms with van der Waals surface area (Å²) in [6.45, 7) is 1.85. The smallest absolute Gasteiger partial charge is 0.155 e. The van der Waals surface area contributed by atoms with Crippen molar-refractivity contribution in [2.45, 2.75) is 18.6 Å². The maximum Gasteiger partial charge on any atom is 0.155 e. The van der Waals surface area contributed by atoms with Gasteiger partial charge in [-0.15, -0.1) is 23.7 Å². The summed E-state index contributed by atoms with van der Waals surface area (Å²) in [6.07, 6.45) is 3.75. The Hall–Kier alpha value is -0.170. The molecule has 1 saturated heterocycles. The third-order valence-corrected chi connectivity index (χ3v) is 5.43. The molecule has 0 saturated carbocycles. The topological polar surface area (TPSA) is 59.1 Å². The predicted molar refractivity (Wildman–Crippen MR) is 72.4 cm³/mol. The summed E-state index contributed by atoms with van der Waals surface area (Å²) in [7, 11) is -2.97. The molecule has 98 valence electrons. The first kappa shape index (κ1) is 14.9. The molecule has 2 heterocycles. The molecule has 0 bridgehead atoms. The molecule has 1 unspecified atom stereocenters. The molecule has 0 amide bonds. The van der Waals surface area contributed by atoms with Crippen molar-refractivity contribution in [1.29, 1.82) is 0 Å². The van der Waals surface area contributed by atoms with Crippen molar-refractivity contribution < 1.29 is 8.42 Å². The fraction of sp³-hybridized carbons (Fsp3) is 0.700. The Morgan fingerprint density at radius 1 is 1.53 bits per heavy atom. The predicted octanol–water partition coefficient (Wildman–Crippen LogP) is 1.48. The van der Waals surface area contributed by atoms with Crippen LogP contribution in [0.15, 0.2) is 11.7 Å². The molecule has 1 aromatic rings. The molecule has 0 radical (unpaired) electrons. The average Bonchev–Trinajstić information content (AvgIpc) is 2.70. The van der Waals surface area contributed by atoms with E-state index in [-0.39, 0.29) is 24.1 Å². The van der Waals surface area contributed by atoms with E-state index < -0.39 is 9.84 Å². The standard InChI is InChI=1S/C10H16N2O2S2.ClH/c13-16(14,7-10-5-12-8-15-10)6-9-2-1-3-11-4-9;/h5,8-9,11H,1-4,6-7H2;1H. The van der Waals surface area contributed by atoms with Gasteiger partial charge in [-0.1, -0.05) is 0 Å². The molecule has 1 aromatic heterocycles. The SMILES string of the molecule is Cl.O=S(=O)(Cc1cncs1)CC1CCCNC1. The maximum absolute atomic E-state index is 11.9. The fourth-order valence-electron chi connectivity index (χ4n) is 2.01. The number of halogens is 1. The second kappa shape index (κ2) is 6.68. The van der Waals surface area contributed by atoms with E-state index in [1.807, 2.05) is 0 Å². The highest BCUT2D eigenvalue weighted by molar-refractivity contribution is 7.90. The van der Waals surface area contributed by atoms with Gasteiger partial charge in [-0.3, -0.25) is 4.98 Å². The average molecular weight is 297 g/mol. The molecule has 0 aromatic carbocycles. The number of hydrogen-bond donors (Lipinski definition) is 1. The zero-order chi connectivity index (χ0) is 11.4. The van der Waals surface area contributed by atoms with E-state index in [1.54, 1.807) is 11.7 Å². The lowest BCUT2D eigenvalue weighted by Crippen LogP contribution is -2.34. The number of rotatable bonds is 4. The number of nitrogens with zero attached hydrogens (tertiary/aromatic N) is 1. The summed E-state index contributed by atoms with van der Waals surface area (Å²) in [5.41, 5.74) is 1.67. The van der Waals surface area contributed by atoms with E-state index in [2.05, 4.69) is 10.3 Å². The summed E-state index contributed by atoms with van der Waals surface area (Å²) < 4.78 is 23.8. The van der Waals surface area contributed by atoms with E-state index in [9.17, 15) is 8.42 Å². The molecular formula is C10H17ClN2O2S2. The van der Waals surface area contributed by atoms with Gasteiger partial charge >= 0.3 is 0 Å². The molecule has 1 atom stereocenters. The van der Waals surface area contributed by atoms with Gasteiger partial charge in [0, 0.05) is 11.1 Å². The van der Waals surface area contributed by atoms with E-state index in [1.165, 1.54) is 11.3 Å². The summed E-state index contributed by atoms with van der Waals surface area (Å²) >= 11 is 1.41. The van der Waals surface area contributed by atoms with Gasteiger partial charge in [-0.05, 0) is 31.8 Å². The lowest BCUT2D eigenvalue weighted by molar-refractivity contribution is 0.404. The minimum atomic E-state index is -2.97. The van der Waals surface area contributed by atoms with Gasteiger partial charge in [-0.25, -0.2) is 8.42 Å². The van der Waals surface area contributed by atoms with Crippen molar-refractivity contribution in [3.63, 3.8) is 0 Å². The molecule has 1 aliphatic heterocycles. The summed E-state index contributed by atoms with van der Waals surface area (Å²) in [5, 5.41) is 3.24. The van der Waals surface area contributed by atoms with Crippen molar-refractivity contribution >= 4 is 33.6 Å². The van der Waals surface area contributed by atoms with Crippen LogP contribution >= 0.6 is 23.7 Å². The number of nitrogens with one attached hydrogen (secondary N) is 1. The Morgan fingerprint density at radius 2 is 2.35 bits per heavy atom. The van der Waals surface area contributed by atoms with Crippen LogP contribution in [0.5, 0.6) is 0 Å². The van der Waals surface area contributed by atoms with E-state index in [4.69, 9.17) is 0 Å². The second-order valence-corrected chi connectivity index (χ2v) is 7.31. The second-order valence-electron chi connectivity index (χ2n) is 4.23. The quantitative estimate of drug-likeness (QED) is 0.914. The van der Waals surface area contributed by atoms with Crippen LogP contribution in [0, 0.1) is 5.92 Å². The summed E-state index contributed by atoms with van der Waals surface area (Å²) in [5.74, 6) is 0.734. The van der Waals surface area contributed by atoms with Crippen molar-refractivity contribution in [2.24, 2.45) is 5.92 Å². The first-order valence-corrected chi connectivity index (χ1v) is 8.14. The van der Waals surface area contributed by atoms with Gasteiger partial charge in [0.15, 0.2) is 9.84 Å². The molecule has 1 aliphatic rings. The number of sulfone groups is 1. The Kier molecular flexibility index (Phi) is 5.85. The van der Waals surface area contributed by atoms with Crippen LogP contribution in [0.4, 0.5) is 0 Å². The maximum atomic E-state index is 11.9. The van der Waals surface area contributed by atoms with E-state index in [0.717, 1.165) is 30.8 Å². The van der Waals surface area contributed by atoms with Crippen LogP contribution in [0.1, 0.15) is 17.7 Å². The Morgan fingerprint density at radius 3 is 2.94 bits per heavy atom. The van der Waals surface area contributed by atoms with Gasteiger partial charge in [0.05, 0.1) is 17.0 Å². The fourth-order valence-corrected chi connectivity index (χ4v) is 4.83. The lowest BCUT2D eigenvalue weighted by Gasteiger charge is -2.22. The third kappa shape index (κ3) is 4.91. The zero-order valence-corrected chi connectivity index (χ0v) is 11.9. The van der Waals surface area contributed by atoms with Crippen LogP contribution in [-0.4, -0.2) is 32.2 Å². The van der Waals surface area contributed by atoms with Crippen molar-refractivity contribution in [1.82, 2.24) is 10.3 Å². The van der Waals surface area contributed by atoms with Crippen molar-refractivity contribution in [3.8, 4) is 0 Å². The number of hydrogen-bond acceptors (Lipinski definition) is 5. The molecule has 0 aliphatic carbocycles. The van der Waals surface area contributed by atoms with Crippen molar-refractivity contribution in [2.75, 3.05) is 18.8 Å². The molecule has 0 spiro atoms. The molecule has 1 N–H and O–H groups in total. The first-order valence-electron chi connectivity index (χ1n) is 5.44. The van der Waals surface area contributed by atoms with Gasteiger partial charge in [-0.2, -0.15) is 0 Å². The molecule has 7 heteroatoms. The highest BCUT2D eigenvalue weighted by Gasteiger charge is 2.21. The van der Waals surface area contributed by atoms with Crippen LogP contribution in [0.25, 0.3) is 0 Å². The molecule has 17 heavy (non-hydrogen) atoms. The van der Waals surface area contributed by atoms with Gasteiger partial charge in [0.1, 0.15) is 0 Å². The number of aromatic nitrogens is 1. The highest BCUT2D eigenvalue weighted by atomic mass is 35.5. The van der Waals surface area contributed by atoms with Crippen molar-refractivity contribution in [3.05, 3.63) is 16.6 Å². The summed E-state index contributed by atoms with van der Waals surface area (Å²) in [4.78, 5) is 4.73. The Labute approximate surface area is 112 Å². The number of thiazole rings is 1. The largest absolute Gasteiger partial charge is 0.316 e. The minimum Gasteiger partial charge on any atom is -0.316 e.